The average molecular weight is 481 g/mol. The van der Waals surface area contributed by atoms with E-state index >= 15 is 0 Å². The molecule has 2 aromatic carbocycles. The van der Waals surface area contributed by atoms with Gasteiger partial charge in [0.15, 0.2) is 0 Å². The molecule has 3 aromatic rings. The molecule has 0 aliphatic carbocycles. The van der Waals surface area contributed by atoms with Crippen LogP contribution in [0.15, 0.2) is 52.7 Å². The van der Waals surface area contributed by atoms with Gasteiger partial charge < -0.3 is 14.6 Å². The van der Waals surface area contributed by atoms with Crippen molar-refractivity contribution in [2.45, 2.75) is 40.2 Å². The van der Waals surface area contributed by atoms with Crippen LogP contribution in [0.25, 0.3) is 17.0 Å². The second-order valence-electron chi connectivity index (χ2n) is 8.36. The first kappa shape index (κ1) is 24.0. The molecule has 0 spiro atoms. The number of amides is 2. The number of benzene rings is 2. The van der Waals surface area contributed by atoms with E-state index in [2.05, 4.69) is 41.4 Å². The van der Waals surface area contributed by atoms with Crippen LogP contribution in [-0.4, -0.2) is 40.8 Å². The molecule has 34 heavy (non-hydrogen) atoms. The summed E-state index contributed by atoms with van der Waals surface area (Å²) in [7, 11) is 0. The smallest absolute Gasteiger partial charge is 0.322 e. The van der Waals surface area contributed by atoms with Crippen LogP contribution in [0.3, 0.4) is 0 Å². The highest BCUT2D eigenvalue weighted by Gasteiger charge is 2.35. The van der Waals surface area contributed by atoms with Gasteiger partial charge in [-0.15, -0.1) is 0 Å². The predicted molar refractivity (Wildman–Crippen MR) is 132 cm³/mol. The van der Waals surface area contributed by atoms with Crippen molar-refractivity contribution >= 4 is 23.2 Å². The van der Waals surface area contributed by atoms with E-state index in [0.29, 0.717) is 36.5 Å². The molecule has 1 atom stereocenters. The molecule has 0 radical (unpaired) electrons. The normalized spacial score (nSPS) is 16.2. The molecule has 2 heterocycles. The van der Waals surface area contributed by atoms with Crippen molar-refractivity contribution < 1.29 is 14.1 Å². The van der Waals surface area contributed by atoms with E-state index in [-0.39, 0.29) is 6.03 Å². The van der Waals surface area contributed by atoms with Gasteiger partial charge >= 0.3 is 6.03 Å². The largest absolute Gasteiger partial charge is 0.382 e. The highest BCUT2D eigenvalue weighted by Crippen LogP contribution is 2.38. The standard InChI is InChI=1S/C26H29ClN4O3/c1-5-33-13-7-12-31-18(4)22(23(28-26(31)32)19-11-10-16(2)17(3)14-19)25-29-24(30-34-25)20-8-6-9-21(27)15-20/h6,8-11,14-15,23H,5,7,12-13H2,1-4H3,(H,28,32). The molecule has 1 unspecified atom stereocenters. The fourth-order valence-electron chi connectivity index (χ4n) is 4.07. The van der Waals surface area contributed by atoms with Gasteiger partial charge in [0.2, 0.25) is 5.82 Å². The first-order valence-corrected chi connectivity index (χ1v) is 11.8. The first-order chi connectivity index (χ1) is 16.4. The van der Waals surface area contributed by atoms with Crippen LogP contribution in [0, 0.1) is 13.8 Å². The van der Waals surface area contributed by atoms with Gasteiger partial charge in [0.05, 0.1) is 11.6 Å². The van der Waals surface area contributed by atoms with E-state index in [0.717, 1.165) is 34.4 Å². The summed E-state index contributed by atoms with van der Waals surface area (Å²) in [5, 5.41) is 7.94. The van der Waals surface area contributed by atoms with Crippen LogP contribution in [0.4, 0.5) is 4.79 Å². The second-order valence-corrected chi connectivity index (χ2v) is 8.80. The number of aromatic nitrogens is 2. The number of ether oxygens (including phenoxy) is 1. The van der Waals surface area contributed by atoms with Crippen molar-refractivity contribution in [3.05, 3.63) is 75.8 Å². The zero-order chi connectivity index (χ0) is 24.2. The Bertz CT molecular complexity index is 1220. The summed E-state index contributed by atoms with van der Waals surface area (Å²) < 4.78 is 11.2. The lowest BCUT2D eigenvalue weighted by atomic mass is 9.92. The maximum atomic E-state index is 13.1. The number of carbonyl (C=O) groups excluding carboxylic acids is 1. The molecular weight excluding hydrogens is 452 g/mol. The fraction of sp³-hybridized carbons (Fsp3) is 0.346. The third kappa shape index (κ3) is 5.00. The summed E-state index contributed by atoms with van der Waals surface area (Å²) in [6, 6.07) is 12.9. The SMILES string of the molecule is CCOCCCN1C(=O)NC(c2ccc(C)c(C)c2)C(c2nc(-c3cccc(Cl)c3)no2)=C1C. The van der Waals surface area contributed by atoms with Crippen molar-refractivity contribution in [1.29, 1.82) is 0 Å². The maximum absolute atomic E-state index is 13.1. The van der Waals surface area contributed by atoms with Crippen LogP contribution < -0.4 is 5.32 Å². The topological polar surface area (TPSA) is 80.5 Å². The molecule has 7 nitrogen and oxygen atoms in total. The highest BCUT2D eigenvalue weighted by molar-refractivity contribution is 6.30. The third-order valence-corrected chi connectivity index (χ3v) is 6.31. The first-order valence-electron chi connectivity index (χ1n) is 11.4. The van der Waals surface area contributed by atoms with Gasteiger partial charge in [-0.3, -0.25) is 4.90 Å². The minimum atomic E-state index is -0.414. The van der Waals surface area contributed by atoms with Crippen molar-refractivity contribution in [2.75, 3.05) is 19.8 Å². The van der Waals surface area contributed by atoms with Gasteiger partial charge in [-0.2, -0.15) is 4.98 Å². The Morgan fingerprint density at radius 3 is 2.71 bits per heavy atom. The van der Waals surface area contributed by atoms with Crippen molar-refractivity contribution in [1.82, 2.24) is 20.4 Å². The molecule has 0 bridgehead atoms. The van der Waals surface area contributed by atoms with Gasteiger partial charge in [0, 0.05) is 36.0 Å². The number of urea groups is 1. The van der Waals surface area contributed by atoms with E-state index < -0.39 is 6.04 Å². The van der Waals surface area contributed by atoms with E-state index in [1.165, 1.54) is 5.56 Å². The minimum absolute atomic E-state index is 0.157. The van der Waals surface area contributed by atoms with E-state index in [9.17, 15) is 4.79 Å². The molecule has 1 aliphatic heterocycles. The Labute approximate surface area is 204 Å². The van der Waals surface area contributed by atoms with E-state index in [1.54, 1.807) is 17.0 Å². The Hall–Kier alpha value is -3.16. The van der Waals surface area contributed by atoms with Crippen LogP contribution in [0.1, 0.15) is 48.9 Å². The molecule has 1 aliphatic rings. The molecule has 1 N–H and O–H groups in total. The summed E-state index contributed by atoms with van der Waals surface area (Å²) in [5.74, 6) is 0.807. The van der Waals surface area contributed by atoms with Gasteiger partial charge in [0.1, 0.15) is 0 Å². The Kier molecular flexibility index (Phi) is 7.34. The van der Waals surface area contributed by atoms with Gasteiger partial charge in [-0.25, -0.2) is 4.79 Å². The molecule has 2 amide bonds. The monoisotopic (exact) mass is 480 g/mol. The number of hydrogen-bond acceptors (Lipinski definition) is 5. The lowest BCUT2D eigenvalue weighted by Crippen LogP contribution is -2.46. The van der Waals surface area contributed by atoms with Crippen LogP contribution in [0.2, 0.25) is 5.02 Å². The number of carbonyl (C=O) groups is 1. The number of hydrogen-bond donors (Lipinski definition) is 1. The zero-order valence-electron chi connectivity index (χ0n) is 19.9. The van der Waals surface area contributed by atoms with Crippen LogP contribution in [-0.2, 0) is 4.74 Å². The molecule has 1 aromatic heterocycles. The molecule has 8 heteroatoms. The second kappa shape index (κ2) is 10.4. The fourth-order valence-corrected chi connectivity index (χ4v) is 4.26. The van der Waals surface area contributed by atoms with Crippen molar-refractivity contribution in [3.8, 4) is 11.4 Å². The Morgan fingerprint density at radius 2 is 1.97 bits per heavy atom. The molecule has 178 valence electrons. The Morgan fingerprint density at radius 1 is 1.15 bits per heavy atom. The van der Waals surface area contributed by atoms with E-state index in [4.69, 9.17) is 20.9 Å². The molecule has 0 fully saturated rings. The lowest BCUT2D eigenvalue weighted by Gasteiger charge is -2.35. The number of halogens is 1. The van der Waals surface area contributed by atoms with Gasteiger partial charge in [-0.05, 0) is 62.9 Å². The van der Waals surface area contributed by atoms with E-state index in [1.807, 2.05) is 32.0 Å². The van der Waals surface area contributed by atoms with Gasteiger partial charge in [-0.1, -0.05) is 47.1 Å². The average Bonchev–Trinajstić information content (AvgIpc) is 3.30. The quantitative estimate of drug-likeness (QED) is 0.404. The summed E-state index contributed by atoms with van der Waals surface area (Å²) in [6.45, 7) is 9.76. The number of nitrogens with one attached hydrogen (secondary N) is 1. The highest BCUT2D eigenvalue weighted by atomic mass is 35.5. The number of rotatable bonds is 8. The minimum Gasteiger partial charge on any atom is -0.382 e. The number of nitrogens with zero attached hydrogens (tertiary/aromatic N) is 3. The lowest BCUT2D eigenvalue weighted by molar-refractivity contribution is 0.136. The molecule has 0 saturated heterocycles. The summed E-state index contributed by atoms with van der Waals surface area (Å²) >= 11 is 6.15. The molecular formula is C26H29ClN4O3. The van der Waals surface area contributed by atoms with Crippen molar-refractivity contribution in [2.24, 2.45) is 0 Å². The third-order valence-electron chi connectivity index (χ3n) is 6.07. The molecule has 4 rings (SSSR count). The van der Waals surface area contributed by atoms with Crippen LogP contribution >= 0.6 is 11.6 Å². The number of allylic oxidation sites excluding steroid dienone is 1. The summed E-state index contributed by atoms with van der Waals surface area (Å²) in [6.07, 6.45) is 0.720. The van der Waals surface area contributed by atoms with Crippen LogP contribution in [0.5, 0.6) is 0 Å². The summed E-state index contributed by atoms with van der Waals surface area (Å²) in [4.78, 5) is 19.5. The van der Waals surface area contributed by atoms with Gasteiger partial charge in [0.25, 0.3) is 5.89 Å². The Balaban J connectivity index is 1.76. The molecule has 0 saturated carbocycles. The number of aryl methyl sites for hydroxylation is 2. The zero-order valence-corrected chi connectivity index (χ0v) is 20.6. The predicted octanol–water partition coefficient (Wildman–Crippen LogP) is 5.93. The maximum Gasteiger partial charge on any atom is 0.322 e. The summed E-state index contributed by atoms with van der Waals surface area (Å²) in [5.41, 5.74) is 5.61. The van der Waals surface area contributed by atoms with Crippen molar-refractivity contribution in [3.63, 3.8) is 0 Å².